The molecule has 1 rings (SSSR count). The summed E-state index contributed by atoms with van der Waals surface area (Å²) in [6.07, 6.45) is 6.32. The van der Waals surface area contributed by atoms with E-state index in [9.17, 15) is 14.4 Å². The zero-order chi connectivity index (χ0) is 19.5. The van der Waals surface area contributed by atoms with Gasteiger partial charge in [0.25, 0.3) is 0 Å². The molecule has 2 N–H and O–H groups in total. The summed E-state index contributed by atoms with van der Waals surface area (Å²) in [6.45, 7) is 9.61. The molecule has 0 aliphatic heterocycles. The average molecular weight is 367 g/mol. The number of nitrogens with one attached hydrogen (secondary N) is 2. The predicted octanol–water partition coefficient (Wildman–Crippen LogP) is 3.47. The highest BCUT2D eigenvalue weighted by Crippen LogP contribution is 2.30. The summed E-state index contributed by atoms with van der Waals surface area (Å²) in [6, 6.07) is 0. The molecule has 0 aromatic heterocycles. The molecule has 0 atom stereocenters. The third kappa shape index (κ3) is 9.35. The molecule has 1 aliphatic carbocycles. The molecule has 0 aromatic carbocycles. The van der Waals surface area contributed by atoms with Crippen molar-refractivity contribution in [1.82, 2.24) is 10.6 Å². The first-order valence-electron chi connectivity index (χ1n) is 10.4. The number of rotatable bonds is 11. The molecule has 0 bridgehead atoms. The molecule has 1 aliphatic rings. The number of Topliss-reactive ketones (excluding diaryl/α,β-unsaturated/α-hetero) is 1. The Kier molecular flexibility index (Phi) is 10.5. The van der Waals surface area contributed by atoms with Gasteiger partial charge in [-0.3, -0.25) is 14.4 Å². The maximum absolute atomic E-state index is 12.0. The molecule has 2 amide bonds. The van der Waals surface area contributed by atoms with Crippen molar-refractivity contribution in [3.63, 3.8) is 0 Å². The van der Waals surface area contributed by atoms with E-state index < -0.39 is 0 Å². The smallest absolute Gasteiger partial charge is 0.220 e. The lowest BCUT2D eigenvalue weighted by molar-refractivity contribution is -0.127. The molecule has 0 heterocycles. The van der Waals surface area contributed by atoms with Gasteiger partial charge in [0, 0.05) is 37.8 Å². The quantitative estimate of drug-likeness (QED) is 0.588. The minimum Gasteiger partial charge on any atom is -0.356 e. The van der Waals surface area contributed by atoms with Crippen LogP contribution in [0.25, 0.3) is 0 Å². The van der Waals surface area contributed by atoms with Gasteiger partial charge in [0.2, 0.25) is 11.8 Å². The number of carbonyl (C=O) groups excluding carboxylic acids is 3. The molecule has 0 saturated heterocycles. The van der Waals surface area contributed by atoms with Gasteiger partial charge in [-0.1, -0.05) is 27.7 Å². The van der Waals surface area contributed by atoms with E-state index in [0.29, 0.717) is 50.0 Å². The third-order valence-corrected chi connectivity index (χ3v) is 5.26. The molecule has 0 aromatic rings. The number of carbonyl (C=O) groups is 3. The number of hydrogen-bond donors (Lipinski definition) is 2. The summed E-state index contributed by atoms with van der Waals surface area (Å²) in [5.41, 5.74) is 0. The Morgan fingerprint density at radius 3 is 2.00 bits per heavy atom. The highest BCUT2D eigenvalue weighted by molar-refractivity contribution is 5.82. The van der Waals surface area contributed by atoms with Crippen LogP contribution in [0.2, 0.25) is 0 Å². The lowest BCUT2D eigenvalue weighted by Gasteiger charge is -2.28. The van der Waals surface area contributed by atoms with Gasteiger partial charge in [-0.05, 0) is 50.4 Å². The molecule has 150 valence electrons. The zero-order valence-corrected chi connectivity index (χ0v) is 17.1. The summed E-state index contributed by atoms with van der Waals surface area (Å²) in [5, 5.41) is 5.89. The Labute approximate surface area is 159 Å². The summed E-state index contributed by atoms with van der Waals surface area (Å²) < 4.78 is 0. The Bertz CT molecular complexity index is 452. The van der Waals surface area contributed by atoms with Crippen LogP contribution in [-0.2, 0) is 14.4 Å². The maximum Gasteiger partial charge on any atom is 0.220 e. The summed E-state index contributed by atoms with van der Waals surface area (Å²) in [4.78, 5) is 35.7. The van der Waals surface area contributed by atoms with Crippen molar-refractivity contribution in [3.05, 3.63) is 0 Å². The number of ketones is 1. The van der Waals surface area contributed by atoms with Crippen LogP contribution >= 0.6 is 0 Å². The molecule has 5 heteroatoms. The second kappa shape index (κ2) is 12.1. The van der Waals surface area contributed by atoms with E-state index in [2.05, 4.69) is 24.5 Å². The lowest BCUT2D eigenvalue weighted by Crippen LogP contribution is -2.33. The Morgan fingerprint density at radius 2 is 1.46 bits per heavy atom. The molecule has 1 saturated carbocycles. The highest BCUT2D eigenvalue weighted by atomic mass is 16.2. The minimum absolute atomic E-state index is 0.0281. The van der Waals surface area contributed by atoms with Crippen LogP contribution in [0, 0.1) is 23.7 Å². The minimum atomic E-state index is 0.0281. The number of amides is 2. The second-order valence-corrected chi connectivity index (χ2v) is 8.46. The second-order valence-electron chi connectivity index (χ2n) is 8.46. The van der Waals surface area contributed by atoms with Gasteiger partial charge in [0.1, 0.15) is 5.78 Å². The topological polar surface area (TPSA) is 75.3 Å². The van der Waals surface area contributed by atoms with Gasteiger partial charge in [0.15, 0.2) is 0 Å². The van der Waals surface area contributed by atoms with E-state index in [4.69, 9.17) is 0 Å². The van der Waals surface area contributed by atoms with Crippen molar-refractivity contribution < 1.29 is 14.4 Å². The van der Waals surface area contributed by atoms with Gasteiger partial charge in [-0.15, -0.1) is 0 Å². The molecule has 1 fully saturated rings. The third-order valence-electron chi connectivity index (χ3n) is 5.26. The van der Waals surface area contributed by atoms with E-state index in [1.165, 1.54) is 0 Å². The Hall–Kier alpha value is -1.39. The average Bonchev–Trinajstić information content (AvgIpc) is 2.59. The van der Waals surface area contributed by atoms with E-state index in [1.54, 1.807) is 0 Å². The normalized spacial score (nSPS) is 20.2. The van der Waals surface area contributed by atoms with Gasteiger partial charge in [-0.25, -0.2) is 0 Å². The van der Waals surface area contributed by atoms with E-state index in [0.717, 1.165) is 32.1 Å². The molecule has 5 nitrogen and oxygen atoms in total. The van der Waals surface area contributed by atoms with E-state index in [-0.39, 0.29) is 23.7 Å². The van der Waals surface area contributed by atoms with Crippen molar-refractivity contribution in [2.45, 2.75) is 79.1 Å². The molecular weight excluding hydrogens is 328 g/mol. The van der Waals surface area contributed by atoms with Crippen molar-refractivity contribution in [2.24, 2.45) is 23.7 Å². The first-order valence-corrected chi connectivity index (χ1v) is 10.4. The monoisotopic (exact) mass is 366 g/mol. The number of hydrogen-bond acceptors (Lipinski definition) is 3. The van der Waals surface area contributed by atoms with Crippen LogP contribution in [0.3, 0.4) is 0 Å². The first-order chi connectivity index (χ1) is 12.3. The highest BCUT2D eigenvalue weighted by Gasteiger charge is 2.27. The van der Waals surface area contributed by atoms with Crippen molar-refractivity contribution >= 4 is 17.6 Å². The van der Waals surface area contributed by atoms with Gasteiger partial charge in [0.05, 0.1) is 0 Å². The molecule has 0 spiro atoms. The maximum atomic E-state index is 12.0. The molecule has 26 heavy (non-hydrogen) atoms. The van der Waals surface area contributed by atoms with Crippen LogP contribution in [0.1, 0.15) is 79.1 Å². The fourth-order valence-corrected chi connectivity index (χ4v) is 3.47. The van der Waals surface area contributed by atoms with Crippen molar-refractivity contribution in [2.75, 3.05) is 13.1 Å². The van der Waals surface area contributed by atoms with Crippen molar-refractivity contribution in [3.8, 4) is 0 Å². The Balaban J connectivity index is 2.09. The summed E-state index contributed by atoms with van der Waals surface area (Å²) in [7, 11) is 0. The first kappa shape index (κ1) is 22.7. The SMILES string of the molecule is CC(C)CCNC(=O)CCCC(=O)NC[C@H]1CC[C@H](C(=O)C(C)C)CC1. The zero-order valence-electron chi connectivity index (χ0n) is 17.1. The van der Waals surface area contributed by atoms with E-state index in [1.807, 2.05) is 13.8 Å². The summed E-state index contributed by atoms with van der Waals surface area (Å²) in [5.74, 6) is 1.86. The lowest BCUT2D eigenvalue weighted by atomic mass is 9.78. The van der Waals surface area contributed by atoms with E-state index >= 15 is 0 Å². The molecule has 0 radical (unpaired) electrons. The fraction of sp³-hybridized carbons (Fsp3) is 0.857. The van der Waals surface area contributed by atoms with Gasteiger partial charge >= 0.3 is 0 Å². The van der Waals surface area contributed by atoms with Gasteiger partial charge in [-0.2, -0.15) is 0 Å². The van der Waals surface area contributed by atoms with Crippen molar-refractivity contribution in [1.29, 1.82) is 0 Å². The predicted molar refractivity (Wildman–Crippen MR) is 105 cm³/mol. The Morgan fingerprint density at radius 1 is 0.885 bits per heavy atom. The standard InChI is InChI=1S/C21H38N2O3/c1-15(2)12-13-22-19(24)6-5-7-20(25)23-14-17-8-10-18(11-9-17)21(26)16(3)4/h15-18H,5-14H2,1-4H3,(H,22,24)(H,23,25)/t17-,18-. The molecule has 0 unspecified atom stereocenters. The molecular formula is C21H38N2O3. The fourth-order valence-electron chi connectivity index (χ4n) is 3.47. The van der Waals surface area contributed by atoms with Crippen LogP contribution in [0.15, 0.2) is 0 Å². The van der Waals surface area contributed by atoms with Crippen LogP contribution in [0.5, 0.6) is 0 Å². The van der Waals surface area contributed by atoms with Gasteiger partial charge < -0.3 is 10.6 Å². The summed E-state index contributed by atoms with van der Waals surface area (Å²) >= 11 is 0. The van der Waals surface area contributed by atoms with Crippen LogP contribution in [0.4, 0.5) is 0 Å². The largest absolute Gasteiger partial charge is 0.356 e. The van der Waals surface area contributed by atoms with Crippen LogP contribution < -0.4 is 10.6 Å². The van der Waals surface area contributed by atoms with Crippen LogP contribution in [-0.4, -0.2) is 30.7 Å².